The highest BCUT2D eigenvalue weighted by molar-refractivity contribution is 6.30. The van der Waals surface area contributed by atoms with Gasteiger partial charge in [0.2, 0.25) is 11.8 Å². The molecule has 1 unspecified atom stereocenters. The van der Waals surface area contributed by atoms with Gasteiger partial charge in [-0.05, 0) is 64.7 Å². The van der Waals surface area contributed by atoms with Crippen molar-refractivity contribution >= 4 is 29.4 Å². The van der Waals surface area contributed by atoms with Crippen LogP contribution in [0.15, 0.2) is 18.2 Å². The molecule has 2 fully saturated rings. The van der Waals surface area contributed by atoms with Crippen molar-refractivity contribution in [2.75, 3.05) is 13.7 Å². The lowest BCUT2D eigenvalue weighted by atomic mass is 9.89. The standard InChI is InChI=1S/C25H35ClN4O4/c1-24(2)13-21(31)30(23(27)29-24)19(8-9-33-5)15-11-16(15)22(32)28-18-12-25(3,4)34-20-7-6-14(26)10-17(18)20/h6-7,10,15-16,18-19H,8-9,11-13H2,1-5H3,(H2,27,29)(H,28,32)/t15?,16-,18+,19-/m1/s1. The number of nitrogens with zero attached hydrogens (tertiary/aromatic N) is 1. The number of ether oxygens (including phenoxy) is 2. The van der Waals surface area contributed by atoms with Gasteiger partial charge in [-0.25, -0.2) is 0 Å². The van der Waals surface area contributed by atoms with E-state index in [-0.39, 0.29) is 41.7 Å². The Morgan fingerprint density at radius 2 is 2.12 bits per heavy atom. The number of carbonyl (C=O) groups is 2. The molecule has 0 aromatic heterocycles. The monoisotopic (exact) mass is 490 g/mol. The second kappa shape index (κ2) is 9.04. The first kappa shape index (κ1) is 24.8. The van der Waals surface area contributed by atoms with Gasteiger partial charge in [0, 0.05) is 54.6 Å². The molecule has 1 saturated carbocycles. The molecule has 1 aromatic rings. The van der Waals surface area contributed by atoms with Gasteiger partial charge < -0.3 is 20.1 Å². The normalized spacial score (nSPS) is 27.8. The highest BCUT2D eigenvalue weighted by atomic mass is 35.5. The fraction of sp³-hybridized carbons (Fsp3) is 0.640. The molecule has 1 aromatic carbocycles. The van der Waals surface area contributed by atoms with Crippen LogP contribution in [-0.4, -0.2) is 53.6 Å². The van der Waals surface area contributed by atoms with Crippen LogP contribution in [0, 0.1) is 17.2 Å². The van der Waals surface area contributed by atoms with Gasteiger partial charge in [-0.15, -0.1) is 0 Å². The average Bonchev–Trinajstić information content (AvgIpc) is 3.50. The quantitative estimate of drug-likeness (QED) is 0.541. The van der Waals surface area contributed by atoms with Crippen molar-refractivity contribution in [1.29, 1.82) is 5.41 Å². The molecule has 9 heteroatoms. The Hall–Kier alpha value is -2.32. The van der Waals surface area contributed by atoms with E-state index < -0.39 is 11.1 Å². The summed E-state index contributed by atoms with van der Waals surface area (Å²) >= 11 is 6.23. The van der Waals surface area contributed by atoms with E-state index in [1.165, 1.54) is 4.90 Å². The highest BCUT2D eigenvalue weighted by Gasteiger charge is 2.53. The number of guanidine groups is 1. The van der Waals surface area contributed by atoms with Gasteiger partial charge in [0.25, 0.3) is 0 Å². The van der Waals surface area contributed by atoms with E-state index in [0.29, 0.717) is 37.3 Å². The molecule has 2 amide bonds. The summed E-state index contributed by atoms with van der Waals surface area (Å²) in [4.78, 5) is 27.8. The van der Waals surface area contributed by atoms with Gasteiger partial charge >= 0.3 is 0 Å². The zero-order chi connectivity index (χ0) is 24.8. The van der Waals surface area contributed by atoms with Crippen molar-refractivity contribution in [2.45, 2.75) is 76.6 Å². The Kier molecular flexibility index (Phi) is 6.59. The first-order valence-corrected chi connectivity index (χ1v) is 12.3. The minimum absolute atomic E-state index is 0.0193. The van der Waals surface area contributed by atoms with Gasteiger partial charge in [0.05, 0.1) is 6.04 Å². The van der Waals surface area contributed by atoms with Gasteiger partial charge in [0.15, 0.2) is 5.96 Å². The first-order valence-electron chi connectivity index (χ1n) is 11.9. The third-order valence-corrected chi connectivity index (χ3v) is 7.16. The molecule has 0 spiro atoms. The molecule has 4 atom stereocenters. The second-order valence-corrected chi connectivity index (χ2v) is 11.4. The van der Waals surface area contributed by atoms with Crippen molar-refractivity contribution < 1.29 is 19.1 Å². The summed E-state index contributed by atoms with van der Waals surface area (Å²) in [5, 5.41) is 15.4. The fourth-order valence-corrected chi connectivity index (χ4v) is 5.49. The minimum atomic E-state index is -0.457. The average molecular weight is 491 g/mol. The number of fused-ring (bicyclic) bond motifs is 1. The van der Waals surface area contributed by atoms with Crippen LogP contribution in [0.3, 0.4) is 0 Å². The number of hydrogen-bond donors (Lipinski definition) is 3. The maximum atomic E-state index is 13.3. The van der Waals surface area contributed by atoms with Crippen LogP contribution in [0.2, 0.25) is 5.02 Å². The van der Waals surface area contributed by atoms with Crippen LogP contribution in [0.5, 0.6) is 5.75 Å². The highest BCUT2D eigenvalue weighted by Crippen LogP contribution is 2.47. The van der Waals surface area contributed by atoms with Crippen LogP contribution >= 0.6 is 11.6 Å². The maximum Gasteiger partial charge on any atom is 0.231 e. The minimum Gasteiger partial charge on any atom is -0.487 e. The third kappa shape index (κ3) is 5.18. The van der Waals surface area contributed by atoms with E-state index in [4.69, 9.17) is 26.5 Å². The van der Waals surface area contributed by atoms with E-state index >= 15 is 0 Å². The molecular weight excluding hydrogens is 456 g/mol. The van der Waals surface area contributed by atoms with Crippen LogP contribution in [0.4, 0.5) is 0 Å². The van der Waals surface area contributed by atoms with Gasteiger partial charge in [-0.1, -0.05) is 11.6 Å². The van der Waals surface area contributed by atoms with Crippen molar-refractivity contribution in [2.24, 2.45) is 11.8 Å². The number of methoxy groups -OCH3 is 1. The largest absolute Gasteiger partial charge is 0.487 e. The SMILES string of the molecule is COCC[C@H](C1C[C@H]1C(=O)N[C@H]1CC(C)(C)Oc2ccc(Cl)cc21)N1C(=N)NC(C)(C)CC1=O. The lowest BCUT2D eigenvalue weighted by molar-refractivity contribution is -0.133. The number of hydrogen-bond acceptors (Lipinski definition) is 5. The van der Waals surface area contributed by atoms with E-state index in [1.807, 2.05) is 39.8 Å². The van der Waals surface area contributed by atoms with Crippen LogP contribution in [0.1, 0.15) is 65.0 Å². The zero-order valence-corrected chi connectivity index (χ0v) is 21.3. The Morgan fingerprint density at radius 1 is 1.38 bits per heavy atom. The number of carbonyl (C=O) groups excluding carboxylic acids is 2. The van der Waals surface area contributed by atoms with Crippen LogP contribution in [0.25, 0.3) is 0 Å². The molecule has 3 N–H and O–H groups in total. The zero-order valence-electron chi connectivity index (χ0n) is 20.5. The van der Waals surface area contributed by atoms with Gasteiger partial charge in [-0.2, -0.15) is 0 Å². The number of benzene rings is 1. The molecular formula is C25H35ClN4O4. The summed E-state index contributed by atoms with van der Waals surface area (Å²) in [6, 6.07) is 5.02. The lowest BCUT2D eigenvalue weighted by Gasteiger charge is -2.42. The third-order valence-electron chi connectivity index (χ3n) is 6.93. The summed E-state index contributed by atoms with van der Waals surface area (Å²) in [5.74, 6) is 0.474. The summed E-state index contributed by atoms with van der Waals surface area (Å²) in [5.41, 5.74) is 0.00499. The van der Waals surface area contributed by atoms with E-state index in [2.05, 4.69) is 10.6 Å². The smallest absolute Gasteiger partial charge is 0.231 e. The second-order valence-electron chi connectivity index (χ2n) is 11.0. The molecule has 8 nitrogen and oxygen atoms in total. The van der Waals surface area contributed by atoms with E-state index in [1.54, 1.807) is 13.2 Å². The molecule has 4 rings (SSSR count). The predicted molar refractivity (Wildman–Crippen MR) is 130 cm³/mol. The van der Waals surface area contributed by atoms with Crippen molar-refractivity contribution in [3.8, 4) is 5.75 Å². The van der Waals surface area contributed by atoms with E-state index in [9.17, 15) is 9.59 Å². The van der Waals surface area contributed by atoms with Crippen molar-refractivity contribution in [1.82, 2.24) is 15.5 Å². The summed E-state index contributed by atoms with van der Waals surface area (Å²) < 4.78 is 11.4. The van der Waals surface area contributed by atoms with Gasteiger partial charge in [0.1, 0.15) is 11.4 Å². The molecule has 0 bridgehead atoms. The molecule has 2 aliphatic heterocycles. The van der Waals surface area contributed by atoms with Crippen LogP contribution < -0.4 is 15.4 Å². The summed E-state index contributed by atoms with van der Waals surface area (Å²) in [7, 11) is 1.62. The molecule has 34 heavy (non-hydrogen) atoms. The fourth-order valence-electron chi connectivity index (χ4n) is 5.31. The molecule has 3 aliphatic rings. The van der Waals surface area contributed by atoms with Crippen LogP contribution in [-0.2, 0) is 14.3 Å². The first-order chi connectivity index (χ1) is 15.9. The predicted octanol–water partition coefficient (Wildman–Crippen LogP) is 3.63. The Labute approximate surface area is 206 Å². The topological polar surface area (TPSA) is 104 Å². The maximum absolute atomic E-state index is 13.3. The Morgan fingerprint density at radius 3 is 2.79 bits per heavy atom. The number of nitrogens with one attached hydrogen (secondary N) is 3. The number of halogens is 1. The molecule has 0 radical (unpaired) electrons. The Bertz CT molecular complexity index is 975. The number of rotatable bonds is 7. The summed E-state index contributed by atoms with van der Waals surface area (Å²) in [6.45, 7) is 8.29. The van der Waals surface area contributed by atoms with Gasteiger partial charge in [-0.3, -0.25) is 19.9 Å². The lowest BCUT2D eigenvalue weighted by Crippen LogP contribution is -2.63. The molecule has 2 heterocycles. The van der Waals surface area contributed by atoms with Crippen molar-refractivity contribution in [3.63, 3.8) is 0 Å². The summed E-state index contributed by atoms with van der Waals surface area (Å²) in [6.07, 6.45) is 2.18. The van der Waals surface area contributed by atoms with E-state index in [0.717, 1.165) is 11.3 Å². The molecule has 1 saturated heterocycles. The Balaban J connectivity index is 1.49. The van der Waals surface area contributed by atoms with Crippen molar-refractivity contribution in [3.05, 3.63) is 28.8 Å². The number of amides is 2. The molecule has 1 aliphatic carbocycles. The molecule has 186 valence electrons.